The van der Waals surface area contributed by atoms with Crippen LogP contribution in [0.1, 0.15) is 58.3 Å². The third-order valence-corrected chi connectivity index (χ3v) is 4.06. The summed E-state index contributed by atoms with van der Waals surface area (Å²) in [5.41, 5.74) is 0. The van der Waals surface area contributed by atoms with Crippen molar-refractivity contribution >= 4 is 5.91 Å². The van der Waals surface area contributed by atoms with Crippen molar-refractivity contribution < 1.29 is 4.79 Å². The lowest BCUT2D eigenvalue weighted by molar-refractivity contribution is -0.135. The normalized spacial score (nSPS) is 28.3. The van der Waals surface area contributed by atoms with Crippen LogP contribution >= 0.6 is 0 Å². The quantitative estimate of drug-likeness (QED) is 0.684. The predicted molar refractivity (Wildman–Crippen MR) is 61.6 cm³/mol. The van der Waals surface area contributed by atoms with E-state index in [2.05, 4.69) is 11.8 Å². The van der Waals surface area contributed by atoms with E-state index in [0.29, 0.717) is 17.9 Å². The molecule has 1 aliphatic heterocycles. The van der Waals surface area contributed by atoms with Gasteiger partial charge in [0, 0.05) is 19.0 Å². The van der Waals surface area contributed by atoms with Crippen LogP contribution in [0.4, 0.5) is 0 Å². The highest BCUT2D eigenvalue weighted by Gasteiger charge is 2.26. The first-order chi connectivity index (χ1) is 7.27. The fourth-order valence-corrected chi connectivity index (χ4v) is 3.05. The summed E-state index contributed by atoms with van der Waals surface area (Å²) < 4.78 is 0. The Morgan fingerprint density at radius 2 is 1.80 bits per heavy atom. The van der Waals surface area contributed by atoms with Crippen LogP contribution in [0.5, 0.6) is 0 Å². The predicted octanol–water partition coefficient (Wildman–Crippen LogP) is 2.97. The van der Waals surface area contributed by atoms with Crippen molar-refractivity contribution in [2.24, 2.45) is 5.92 Å². The molecule has 1 saturated heterocycles. The molecule has 2 nitrogen and oxygen atoms in total. The Kier molecular flexibility index (Phi) is 3.66. The number of hydrogen-bond acceptors (Lipinski definition) is 1. The molecule has 1 heterocycles. The number of rotatable bonds is 2. The molecule has 1 unspecified atom stereocenters. The van der Waals surface area contributed by atoms with Crippen molar-refractivity contribution in [2.75, 3.05) is 6.54 Å². The number of likely N-dealkylation sites (tertiary alicyclic amines) is 1. The molecular formula is C13H23NO. The minimum Gasteiger partial charge on any atom is -0.340 e. The van der Waals surface area contributed by atoms with Crippen molar-refractivity contribution in [1.82, 2.24) is 4.90 Å². The van der Waals surface area contributed by atoms with Crippen LogP contribution < -0.4 is 0 Å². The van der Waals surface area contributed by atoms with Crippen molar-refractivity contribution in [3.05, 3.63) is 0 Å². The number of carbonyl (C=O) groups excluding carboxylic acids is 1. The van der Waals surface area contributed by atoms with Crippen molar-refractivity contribution in [2.45, 2.75) is 64.3 Å². The molecule has 1 amide bonds. The number of hydrogen-bond donors (Lipinski definition) is 0. The molecule has 2 aliphatic rings. The second-order valence-corrected chi connectivity index (χ2v) is 5.29. The third-order valence-electron chi connectivity index (χ3n) is 4.06. The molecule has 0 N–H and O–H groups in total. The zero-order valence-corrected chi connectivity index (χ0v) is 9.87. The molecular weight excluding hydrogens is 186 g/mol. The van der Waals surface area contributed by atoms with Crippen LogP contribution in [0.2, 0.25) is 0 Å². The van der Waals surface area contributed by atoms with Gasteiger partial charge in [0.05, 0.1) is 0 Å². The van der Waals surface area contributed by atoms with E-state index in [-0.39, 0.29) is 0 Å². The molecule has 0 aromatic carbocycles. The number of amides is 1. The minimum absolute atomic E-state index is 0.425. The van der Waals surface area contributed by atoms with E-state index in [4.69, 9.17) is 0 Å². The number of carbonyl (C=O) groups is 1. The van der Waals surface area contributed by atoms with Gasteiger partial charge >= 0.3 is 0 Å². The van der Waals surface area contributed by atoms with Crippen molar-refractivity contribution in [1.29, 1.82) is 0 Å². The van der Waals surface area contributed by atoms with Gasteiger partial charge in [-0.05, 0) is 44.9 Å². The highest BCUT2D eigenvalue weighted by molar-refractivity contribution is 5.76. The standard InChI is InChI=1S/C13H23NO/c1-11-6-4-5-9-14(11)13(15)10-12-7-2-3-8-12/h11-12H,2-10H2,1H3. The van der Waals surface area contributed by atoms with Gasteiger partial charge in [-0.2, -0.15) is 0 Å². The SMILES string of the molecule is CC1CCCCN1C(=O)CC1CCCC1. The molecule has 2 fully saturated rings. The van der Waals surface area contributed by atoms with Gasteiger partial charge in [-0.15, -0.1) is 0 Å². The Hall–Kier alpha value is -0.530. The molecule has 0 radical (unpaired) electrons. The van der Waals surface area contributed by atoms with Crippen LogP contribution in [0.15, 0.2) is 0 Å². The fraction of sp³-hybridized carbons (Fsp3) is 0.923. The van der Waals surface area contributed by atoms with Crippen LogP contribution in [-0.2, 0) is 4.79 Å². The summed E-state index contributed by atoms with van der Waals surface area (Å²) in [7, 11) is 0. The zero-order chi connectivity index (χ0) is 10.7. The van der Waals surface area contributed by atoms with Gasteiger partial charge < -0.3 is 4.90 Å². The Morgan fingerprint density at radius 1 is 1.13 bits per heavy atom. The first kappa shape index (κ1) is 11.0. The molecule has 2 heteroatoms. The van der Waals surface area contributed by atoms with E-state index in [1.807, 2.05) is 0 Å². The highest BCUT2D eigenvalue weighted by atomic mass is 16.2. The molecule has 1 saturated carbocycles. The van der Waals surface area contributed by atoms with Crippen LogP contribution in [0, 0.1) is 5.92 Å². The average Bonchev–Trinajstić information content (AvgIpc) is 2.71. The maximum atomic E-state index is 12.1. The van der Waals surface area contributed by atoms with E-state index in [9.17, 15) is 4.79 Å². The Balaban J connectivity index is 1.83. The van der Waals surface area contributed by atoms with Crippen LogP contribution in [0.3, 0.4) is 0 Å². The molecule has 86 valence electrons. The van der Waals surface area contributed by atoms with E-state index < -0.39 is 0 Å². The van der Waals surface area contributed by atoms with Gasteiger partial charge in [-0.1, -0.05) is 12.8 Å². The summed E-state index contributed by atoms with van der Waals surface area (Å²) in [5, 5.41) is 0. The Morgan fingerprint density at radius 3 is 2.47 bits per heavy atom. The van der Waals surface area contributed by atoms with E-state index in [1.165, 1.54) is 44.9 Å². The van der Waals surface area contributed by atoms with Gasteiger partial charge in [-0.25, -0.2) is 0 Å². The topological polar surface area (TPSA) is 20.3 Å². The summed E-state index contributed by atoms with van der Waals surface area (Å²) in [5.74, 6) is 1.13. The molecule has 0 aromatic heterocycles. The lowest BCUT2D eigenvalue weighted by atomic mass is 9.99. The molecule has 1 aliphatic carbocycles. The largest absolute Gasteiger partial charge is 0.340 e. The molecule has 0 aromatic rings. The Bertz CT molecular complexity index is 221. The molecule has 1 atom stereocenters. The minimum atomic E-state index is 0.425. The number of nitrogens with zero attached hydrogens (tertiary/aromatic N) is 1. The molecule has 15 heavy (non-hydrogen) atoms. The van der Waals surface area contributed by atoms with Gasteiger partial charge in [0.2, 0.25) is 5.91 Å². The summed E-state index contributed by atoms with van der Waals surface area (Å²) in [4.78, 5) is 14.2. The lowest BCUT2D eigenvalue weighted by Gasteiger charge is -2.34. The first-order valence-electron chi connectivity index (χ1n) is 6.57. The summed E-state index contributed by atoms with van der Waals surface area (Å²) in [6, 6.07) is 0.493. The summed E-state index contributed by atoms with van der Waals surface area (Å²) in [6.45, 7) is 3.21. The van der Waals surface area contributed by atoms with E-state index in [0.717, 1.165) is 13.0 Å². The lowest BCUT2D eigenvalue weighted by Crippen LogP contribution is -2.42. The van der Waals surface area contributed by atoms with Crippen LogP contribution in [0.25, 0.3) is 0 Å². The van der Waals surface area contributed by atoms with Gasteiger partial charge in [-0.3, -0.25) is 4.79 Å². The van der Waals surface area contributed by atoms with Crippen molar-refractivity contribution in [3.8, 4) is 0 Å². The average molecular weight is 209 g/mol. The molecule has 2 rings (SSSR count). The maximum absolute atomic E-state index is 12.1. The van der Waals surface area contributed by atoms with Crippen LogP contribution in [-0.4, -0.2) is 23.4 Å². The molecule has 0 spiro atoms. The highest BCUT2D eigenvalue weighted by Crippen LogP contribution is 2.29. The summed E-state index contributed by atoms with van der Waals surface area (Å²) in [6.07, 6.45) is 9.79. The summed E-state index contributed by atoms with van der Waals surface area (Å²) >= 11 is 0. The van der Waals surface area contributed by atoms with Gasteiger partial charge in [0.25, 0.3) is 0 Å². The third kappa shape index (κ3) is 2.73. The van der Waals surface area contributed by atoms with E-state index >= 15 is 0 Å². The Labute approximate surface area is 93.0 Å². The van der Waals surface area contributed by atoms with Gasteiger partial charge in [0.1, 0.15) is 0 Å². The maximum Gasteiger partial charge on any atom is 0.223 e. The van der Waals surface area contributed by atoms with Gasteiger partial charge in [0.15, 0.2) is 0 Å². The van der Waals surface area contributed by atoms with Crippen molar-refractivity contribution in [3.63, 3.8) is 0 Å². The molecule has 0 bridgehead atoms. The smallest absolute Gasteiger partial charge is 0.223 e. The number of piperidine rings is 1. The first-order valence-corrected chi connectivity index (χ1v) is 6.57. The second-order valence-electron chi connectivity index (χ2n) is 5.29. The fourth-order valence-electron chi connectivity index (χ4n) is 3.05. The zero-order valence-electron chi connectivity index (χ0n) is 9.87. The second kappa shape index (κ2) is 5.00. The van der Waals surface area contributed by atoms with E-state index in [1.54, 1.807) is 0 Å². The monoisotopic (exact) mass is 209 g/mol.